The molecule has 0 saturated carbocycles. The number of likely N-dealkylation sites (tertiary alicyclic amines) is 1. The largest absolute Gasteiger partial charge is 0.342 e. The second-order valence-electron chi connectivity index (χ2n) is 7.25. The van der Waals surface area contributed by atoms with Crippen molar-refractivity contribution < 1.29 is 13.2 Å². The van der Waals surface area contributed by atoms with E-state index in [1.165, 1.54) is 0 Å². The van der Waals surface area contributed by atoms with Crippen LogP contribution in [0.15, 0.2) is 4.90 Å². The maximum absolute atomic E-state index is 13.1. The highest BCUT2D eigenvalue weighted by Gasteiger charge is 2.32. The van der Waals surface area contributed by atoms with Crippen LogP contribution in [-0.4, -0.2) is 84.0 Å². The smallest absolute Gasteiger partial charge is 0.246 e. The van der Waals surface area contributed by atoms with Crippen LogP contribution in [0.1, 0.15) is 30.7 Å². The van der Waals surface area contributed by atoms with Gasteiger partial charge in [-0.2, -0.15) is 9.40 Å². The first kappa shape index (κ1) is 19.3. The number of aromatic nitrogens is 2. The van der Waals surface area contributed by atoms with Gasteiger partial charge in [-0.3, -0.25) is 14.4 Å². The molecule has 0 spiro atoms. The Bertz CT molecular complexity index is 768. The number of nitrogens with zero attached hydrogens (tertiary/aromatic N) is 5. The minimum Gasteiger partial charge on any atom is -0.342 e. The molecule has 0 aliphatic carbocycles. The quantitative estimate of drug-likeness (QED) is 0.750. The average Bonchev–Trinajstić information content (AvgIpc) is 3.11. The van der Waals surface area contributed by atoms with Gasteiger partial charge in [-0.1, -0.05) is 0 Å². The summed E-state index contributed by atoms with van der Waals surface area (Å²) in [7, 11) is -1.81. The highest BCUT2D eigenvalue weighted by molar-refractivity contribution is 7.89. The Kier molecular flexibility index (Phi) is 5.69. The molecule has 9 heteroatoms. The second kappa shape index (κ2) is 7.66. The maximum atomic E-state index is 13.1. The fourth-order valence-corrected chi connectivity index (χ4v) is 5.73. The number of aryl methyl sites for hydroxylation is 2. The van der Waals surface area contributed by atoms with Crippen LogP contribution in [0.5, 0.6) is 0 Å². The standard InChI is InChI=1S/C17H29N5O3S/c1-14-17(15(2)19(3)18-14)26(24,25)22-10-6-7-20(11-12-22)13-16(23)21-8-4-5-9-21/h4-13H2,1-3H3. The number of hydrogen-bond donors (Lipinski definition) is 0. The summed E-state index contributed by atoms with van der Waals surface area (Å²) in [6.45, 7) is 7.82. The lowest BCUT2D eigenvalue weighted by Gasteiger charge is -2.23. The second-order valence-corrected chi connectivity index (χ2v) is 9.12. The monoisotopic (exact) mass is 383 g/mol. The van der Waals surface area contributed by atoms with E-state index in [2.05, 4.69) is 10.00 Å². The van der Waals surface area contributed by atoms with Gasteiger partial charge in [-0.15, -0.1) is 0 Å². The van der Waals surface area contributed by atoms with E-state index < -0.39 is 10.0 Å². The van der Waals surface area contributed by atoms with Crippen LogP contribution in [0.25, 0.3) is 0 Å². The topological polar surface area (TPSA) is 78.8 Å². The number of amides is 1. The van der Waals surface area contributed by atoms with Crippen LogP contribution < -0.4 is 0 Å². The van der Waals surface area contributed by atoms with E-state index in [0.29, 0.717) is 42.5 Å². The Morgan fingerprint density at radius 2 is 1.69 bits per heavy atom. The van der Waals surface area contributed by atoms with E-state index in [1.54, 1.807) is 29.9 Å². The predicted molar refractivity (Wildman–Crippen MR) is 98.3 cm³/mol. The van der Waals surface area contributed by atoms with Gasteiger partial charge in [0.2, 0.25) is 15.9 Å². The molecule has 0 aromatic carbocycles. The van der Waals surface area contributed by atoms with Crippen molar-refractivity contribution in [2.75, 3.05) is 45.8 Å². The lowest BCUT2D eigenvalue weighted by atomic mass is 10.3. The predicted octanol–water partition coefficient (Wildman–Crippen LogP) is 0.356. The molecule has 2 fully saturated rings. The number of carbonyl (C=O) groups excluding carboxylic acids is 1. The van der Waals surface area contributed by atoms with Crippen LogP contribution >= 0.6 is 0 Å². The third kappa shape index (κ3) is 3.79. The molecule has 0 N–H and O–H groups in total. The zero-order valence-corrected chi connectivity index (χ0v) is 16.8. The van der Waals surface area contributed by atoms with Crippen molar-refractivity contribution in [3.8, 4) is 0 Å². The molecule has 26 heavy (non-hydrogen) atoms. The lowest BCUT2D eigenvalue weighted by molar-refractivity contribution is -0.131. The molecular formula is C17H29N5O3S. The number of carbonyl (C=O) groups is 1. The van der Waals surface area contributed by atoms with Crippen LogP contribution in [-0.2, 0) is 21.9 Å². The zero-order chi connectivity index (χ0) is 18.9. The Balaban J connectivity index is 1.67. The maximum Gasteiger partial charge on any atom is 0.246 e. The Labute approximate surface area is 155 Å². The summed E-state index contributed by atoms with van der Waals surface area (Å²) in [4.78, 5) is 16.7. The molecule has 3 rings (SSSR count). The zero-order valence-electron chi connectivity index (χ0n) is 15.9. The van der Waals surface area contributed by atoms with Crippen molar-refractivity contribution in [2.45, 2.75) is 38.0 Å². The van der Waals surface area contributed by atoms with E-state index in [-0.39, 0.29) is 5.91 Å². The van der Waals surface area contributed by atoms with Crippen molar-refractivity contribution in [3.05, 3.63) is 11.4 Å². The van der Waals surface area contributed by atoms with Crippen LogP contribution in [0.2, 0.25) is 0 Å². The van der Waals surface area contributed by atoms with E-state index in [0.717, 1.165) is 38.9 Å². The molecule has 0 unspecified atom stereocenters. The first-order valence-corrected chi connectivity index (χ1v) is 10.7. The van der Waals surface area contributed by atoms with Gasteiger partial charge in [-0.05, 0) is 39.7 Å². The summed E-state index contributed by atoms with van der Waals surface area (Å²) < 4.78 is 29.4. The molecule has 1 aromatic rings. The molecule has 2 saturated heterocycles. The summed E-state index contributed by atoms with van der Waals surface area (Å²) in [6, 6.07) is 0. The summed E-state index contributed by atoms with van der Waals surface area (Å²) in [5, 5.41) is 4.24. The van der Waals surface area contributed by atoms with Gasteiger partial charge in [0.1, 0.15) is 4.90 Å². The Morgan fingerprint density at radius 3 is 2.31 bits per heavy atom. The number of hydrogen-bond acceptors (Lipinski definition) is 5. The Hall–Kier alpha value is -1.45. The van der Waals surface area contributed by atoms with Gasteiger partial charge >= 0.3 is 0 Å². The molecule has 0 bridgehead atoms. The average molecular weight is 384 g/mol. The molecule has 3 heterocycles. The van der Waals surface area contributed by atoms with Crippen molar-refractivity contribution >= 4 is 15.9 Å². The third-order valence-corrected chi connectivity index (χ3v) is 7.56. The van der Waals surface area contributed by atoms with Gasteiger partial charge in [-0.25, -0.2) is 8.42 Å². The molecule has 8 nitrogen and oxygen atoms in total. The van der Waals surface area contributed by atoms with Gasteiger partial charge in [0.25, 0.3) is 0 Å². The molecule has 1 aromatic heterocycles. The van der Waals surface area contributed by atoms with Gasteiger partial charge in [0, 0.05) is 39.8 Å². The normalized spacial score (nSPS) is 20.5. The van der Waals surface area contributed by atoms with Gasteiger partial charge in [0.15, 0.2) is 0 Å². The fraction of sp³-hybridized carbons (Fsp3) is 0.765. The number of rotatable bonds is 4. The molecule has 0 radical (unpaired) electrons. The lowest BCUT2D eigenvalue weighted by Crippen LogP contribution is -2.41. The molecule has 1 amide bonds. The van der Waals surface area contributed by atoms with Crippen molar-refractivity contribution in [2.24, 2.45) is 7.05 Å². The van der Waals surface area contributed by atoms with E-state index >= 15 is 0 Å². The van der Waals surface area contributed by atoms with Crippen molar-refractivity contribution in [3.63, 3.8) is 0 Å². The molecule has 2 aliphatic rings. The van der Waals surface area contributed by atoms with Crippen LogP contribution in [0.3, 0.4) is 0 Å². The molecular weight excluding hydrogens is 354 g/mol. The first-order valence-electron chi connectivity index (χ1n) is 9.31. The van der Waals surface area contributed by atoms with E-state index in [9.17, 15) is 13.2 Å². The van der Waals surface area contributed by atoms with E-state index in [1.807, 2.05) is 4.90 Å². The SMILES string of the molecule is Cc1nn(C)c(C)c1S(=O)(=O)N1CCCN(CC(=O)N2CCCC2)CC1. The molecule has 2 aliphatic heterocycles. The minimum atomic E-state index is -3.57. The first-order chi connectivity index (χ1) is 12.3. The molecule has 146 valence electrons. The van der Waals surface area contributed by atoms with Crippen molar-refractivity contribution in [1.29, 1.82) is 0 Å². The summed E-state index contributed by atoms with van der Waals surface area (Å²) >= 11 is 0. The van der Waals surface area contributed by atoms with Crippen LogP contribution in [0.4, 0.5) is 0 Å². The minimum absolute atomic E-state index is 0.165. The third-order valence-electron chi connectivity index (χ3n) is 5.41. The van der Waals surface area contributed by atoms with Gasteiger partial charge < -0.3 is 4.90 Å². The van der Waals surface area contributed by atoms with E-state index in [4.69, 9.17) is 0 Å². The highest BCUT2D eigenvalue weighted by Crippen LogP contribution is 2.24. The summed E-state index contributed by atoms with van der Waals surface area (Å²) in [6.07, 6.45) is 2.90. The molecule has 0 atom stereocenters. The van der Waals surface area contributed by atoms with Crippen molar-refractivity contribution in [1.82, 2.24) is 23.9 Å². The van der Waals surface area contributed by atoms with Gasteiger partial charge in [0.05, 0.1) is 17.9 Å². The van der Waals surface area contributed by atoms with Crippen LogP contribution in [0, 0.1) is 13.8 Å². The summed E-state index contributed by atoms with van der Waals surface area (Å²) in [5.74, 6) is 0.165. The fourth-order valence-electron chi connectivity index (χ4n) is 3.86. The highest BCUT2D eigenvalue weighted by atomic mass is 32.2. The number of sulfonamides is 1. The Morgan fingerprint density at radius 1 is 1.00 bits per heavy atom. The summed E-state index contributed by atoms with van der Waals surface area (Å²) in [5.41, 5.74) is 1.20.